The molecule has 2 aliphatic heterocycles. The third-order valence-corrected chi connectivity index (χ3v) is 11.9. The molecule has 4 aliphatic rings. The summed E-state index contributed by atoms with van der Waals surface area (Å²) in [6.45, 7) is 5.45. The molecule has 2 aliphatic carbocycles. The molecule has 4 N–H and O–H groups in total. The van der Waals surface area contributed by atoms with Gasteiger partial charge >= 0.3 is 0 Å². The zero-order chi connectivity index (χ0) is 39.8. The number of nitrogens with zero attached hydrogens (tertiary/aromatic N) is 5. The van der Waals surface area contributed by atoms with Gasteiger partial charge in [-0.3, -0.25) is 38.4 Å². The molecule has 0 bridgehead atoms. The molecular weight excluding hydrogens is 763 g/mol. The van der Waals surface area contributed by atoms with E-state index in [1.165, 1.54) is 12.2 Å². The third kappa shape index (κ3) is 9.80. The fourth-order valence-corrected chi connectivity index (χ4v) is 8.53. The molecule has 56 heavy (non-hydrogen) atoms. The predicted molar refractivity (Wildman–Crippen MR) is 206 cm³/mol. The zero-order valence-corrected chi connectivity index (χ0v) is 32.8. The maximum absolute atomic E-state index is 13.1. The van der Waals surface area contributed by atoms with Gasteiger partial charge in [-0.1, -0.05) is 0 Å². The number of hydrogen-bond donors (Lipinski definition) is 4. The molecule has 298 valence electrons. The Morgan fingerprint density at radius 1 is 0.661 bits per heavy atom. The first-order chi connectivity index (χ1) is 27.0. The zero-order valence-electron chi connectivity index (χ0n) is 31.2. The van der Waals surface area contributed by atoms with Crippen LogP contribution >= 0.6 is 22.7 Å². The molecule has 0 spiro atoms. The highest BCUT2D eigenvalue weighted by atomic mass is 32.1. The van der Waals surface area contributed by atoms with E-state index in [-0.39, 0.29) is 65.9 Å². The monoisotopic (exact) mass is 807 g/mol. The number of carbonyl (C=O) groups is 8. The van der Waals surface area contributed by atoms with Crippen LogP contribution in [0.15, 0.2) is 23.5 Å². The second-order valence-electron chi connectivity index (χ2n) is 13.9. The lowest BCUT2D eigenvalue weighted by molar-refractivity contribution is -0.128. The van der Waals surface area contributed by atoms with E-state index in [0.29, 0.717) is 90.9 Å². The van der Waals surface area contributed by atoms with Gasteiger partial charge < -0.3 is 36.0 Å². The van der Waals surface area contributed by atoms with Crippen molar-refractivity contribution in [1.29, 1.82) is 0 Å². The van der Waals surface area contributed by atoms with Crippen molar-refractivity contribution in [2.75, 3.05) is 72.5 Å². The maximum atomic E-state index is 13.1. The molecule has 2 saturated heterocycles. The Labute approximate surface area is 331 Å². The Balaban J connectivity index is 0.860. The van der Waals surface area contributed by atoms with Gasteiger partial charge in [0.25, 0.3) is 11.8 Å². The molecule has 6 rings (SSSR count). The number of carbonyl (C=O) groups excluding carboxylic acids is 8. The van der Waals surface area contributed by atoms with Crippen molar-refractivity contribution >= 4 is 69.4 Å². The number of aromatic nitrogens is 2. The first kappa shape index (κ1) is 40.5. The van der Waals surface area contributed by atoms with E-state index >= 15 is 0 Å². The van der Waals surface area contributed by atoms with Gasteiger partial charge in [0.2, 0.25) is 23.4 Å². The second kappa shape index (κ2) is 18.7. The minimum absolute atomic E-state index is 0.0354. The number of fused-ring (bicyclic) bond motifs is 2. The quantitative estimate of drug-likeness (QED) is 0.139. The van der Waals surface area contributed by atoms with Gasteiger partial charge in [-0.2, -0.15) is 0 Å². The van der Waals surface area contributed by atoms with E-state index < -0.39 is 23.4 Å². The van der Waals surface area contributed by atoms with E-state index in [1.807, 2.05) is 7.05 Å². The fourth-order valence-electron chi connectivity index (χ4n) is 6.75. The Hall–Kier alpha value is -5.14. The van der Waals surface area contributed by atoms with Crippen molar-refractivity contribution in [3.8, 4) is 0 Å². The van der Waals surface area contributed by atoms with Crippen LogP contribution in [0.1, 0.15) is 111 Å². The minimum Gasteiger partial charge on any atom is -0.382 e. The molecule has 2 fully saturated rings. The summed E-state index contributed by atoms with van der Waals surface area (Å²) < 4.78 is 0. The number of hydrogen-bond acceptors (Lipinski definition) is 15. The van der Waals surface area contributed by atoms with Crippen LogP contribution in [0.4, 0.5) is 0 Å². The lowest BCUT2D eigenvalue weighted by atomic mass is 10.0. The summed E-state index contributed by atoms with van der Waals surface area (Å²) in [5.74, 6) is -2.35. The van der Waals surface area contributed by atoms with Crippen LogP contribution in [0.5, 0.6) is 0 Å². The molecular formula is C37H45N9O8S2. The van der Waals surface area contributed by atoms with Crippen molar-refractivity contribution in [2.24, 2.45) is 0 Å². The Morgan fingerprint density at radius 2 is 1.09 bits per heavy atom. The van der Waals surface area contributed by atoms with Crippen LogP contribution in [0.3, 0.4) is 0 Å². The number of amides is 4. The molecule has 2 aromatic heterocycles. The number of likely N-dealkylation sites (tertiary alicyclic amines) is 2. The third-order valence-electron chi connectivity index (χ3n) is 9.75. The highest BCUT2D eigenvalue weighted by Crippen LogP contribution is 2.27. The lowest BCUT2D eigenvalue weighted by Crippen LogP contribution is -2.31. The lowest BCUT2D eigenvalue weighted by Gasteiger charge is -2.18. The molecule has 0 radical (unpaired) electrons. The molecule has 0 saturated carbocycles. The molecule has 19 heteroatoms. The van der Waals surface area contributed by atoms with E-state index in [4.69, 9.17) is 0 Å². The largest absolute Gasteiger partial charge is 0.382 e. The summed E-state index contributed by atoms with van der Waals surface area (Å²) in [5, 5.41) is 11.7. The molecule has 4 amide bonds. The Kier molecular flexibility index (Phi) is 13.5. The number of rotatable bonds is 20. The standard InChI is InChI=1S/C37H45N9O8S2/c1-44(14-4-10-38-22-20-24(47)32-28(30(22)51)42-36(55-32)34(53)40-12-6-18-45-16-2-8-26(45)49)15-5-11-39-23-21-25(48)33-29(31(23)52)43-37(56-33)35(54)41-13-7-19-46-17-3-9-27(46)50/h20-21,38-39H,2-19H2,1H3,(H,40,53)(H,41,54). The summed E-state index contributed by atoms with van der Waals surface area (Å²) in [4.78, 5) is 115. The second-order valence-corrected chi connectivity index (χ2v) is 15.9. The number of Topliss-reactive ketones (excluding diaryl/α,β-unsaturated/α-hetero) is 2. The highest BCUT2D eigenvalue weighted by Gasteiger charge is 2.33. The fraction of sp³-hybridized carbons (Fsp3) is 0.514. The number of nitrogens with one attached hydrogen (secondary N) is 4. The predicted octanol–water partition coefficient (Wildman–Crippen LogP) is 1.20. The van der Waals surface area contributed by atoms with Crippen LogP contribution in [0.25, 0.3) is 0 Å². The molecule has 4 heterocycles. The number of ketones is 4. The van der Waals surface area contributed by atoms with Gasteiger partial charge in [0.05, 0.1) is 11.4 Å². The summed E-state index contributed by atoms with van der Waals surface area (Å²) in [6.07, 6.45) is 7.80. The molecule has 2 aromatic rings. The summed E-state index contributed by atoms with van der Waals surface area (Å²) in [5.41, 5.74) is 0.188. The molecule has 0 aromatic carbocycles. The van der Waals surface area contributed by atoms with Crippen molar-refractivity contribution < 1.29 is 38.4 Å². The van der Waals surface area contributed by atoms with Gasteiger partial charge in [-0.05, 0) is 58.7 Å². The molecule has 0 unspecified atom stereocenters. The van der Waals surface area contributed by atoms with Crippen LogP contribution in [0.2, 0.25) is 0 Å². The highest BCUT2D eigenvalue weighted by molar-refractivity contribution is 7.16. The first-order valence-electron chi connectivity index (χ1n) is 18.9. The average molecular weight is 808 g/mol. The number of thiazole rings is 2. The maximum Gasteiger partial charge on any atom is 0.280 e. The van der Waals surface area contributed by atoms with Crippen LogP contribution in [-0.2, 0) is 9.59 Å². The van der Waals surface area contributed by atoms with Gasteiger partial charge in [-0.25, -0.2) is 9.97 Å². The van der Waals surface area contributed by atoms with Crippen molar-refractivity contribution in [3.05, 3.63) is 54.7 Å². The SMILES string of the molecule is CN(CCCNC1=CC(=O)c2sc(C(=O)NCCCN3CCCC3=O)nc2C1=O)CCCNC1=CC(=O)c2sc(C(=O)NCCCN3CCCC3=O)nc2C1=O. The first-order valence-corrected chi connectivity index (χ1v) is 20.5. The van der Waals surface area contributed by atoms with Crippen molar-refractivity contribution in [2.45, 2.75) is 51.4 Å². The summed E-state index contributed by atoms with van der Waals surface area (Å²) in [6, 6.07) is 0. The normalized spacial score (nSPS) is 16.7. The Morgan fingerprint density at radius 3 is 1.48 bits per heavy atom. The smallest absolute Gasteiger partial charge is 0.280 e. The van der Waals surface area contributed by atoms with Gasteiger partial charge in [-0.15, -0.1) is 22.7 Å². The number of allylic oxidation sites excluding steroid dienone is 4. The van der Waals surface area contributed by atoms with E-state index in [2.05, 4.69) is 36.1 Å². The summed E-state index contributed by atoms with van der Waals surface area (Å²) >= 11 is 1.78. The topological polar surface area (TPSA) is 220 Å². The molecule has 0 atom stereocenters. The van der Waals surface area contributed by atoms with Gasteiger partial charge in [0.1, 0.15) is 21.1 Å². The van der Waals surface area contributed by atoms with Crippen LogP contribution in [-0.4, -0.2) is 144 Å². The average Bonchev–Trinajstić information content (AvgIpc) is 4.00. The minimum atomic E-state index is -0.467. The Bertz CT molecular complexity index is 1850. The van der Waals surface area contributed by atoms with E-state index in [0.717, 1.165) is 48.6 Å². The van der Waals surface area contributed by atoms with E-state index in [1.54, 1.807) is 9.80 Å². The summed E-state index contributed by atoms with van der Waals surface area (Å²) in [7, 11) is 1.93. The van der Waals surface area contributed by atoms with E-state index in [9.17, 15) is 38.4 Å². The van der Waals surface area contributed by atoms with Gasteiger partial charge in [0, 0.05) is 77.4 Å². The van der Waals surface area contributed by atoms with Gasteiger partial charge in [0.15, 0.2) is 21.6 Å². The van der Waals surface area contributed by atoms with Crippen molar-refractivity contribution in [3.63, 3.8) is 0 Å². The van der Waals surface area contributed by atoms with Crippen LogP contribution in [0, 0.1) is 0 Å². The van der Waals surface area contributed by atoms with Crippen molar-refractivity contribution in [1.82, 2.24) is 45.9 Å². The molecule has 17 nitrogen and oxygen atoms in total. The van der Waals surface area contributed by atoms with Crippen LogP contribution < -0.4 is 21.3 Å².